The summed E-state index contributed by atoms with van der Waals surface area (Å²) in [5.41, 5.74) is 2.60. The van der Waals surface area contributed by atoms with Crippen molar-refractivity contribution in [2.24, 2.45) is 0 Å². The number of nitrogens with zero attached hydrogens (tertiary/aromatic N) is 3. The van der Waals surface area contributed by atoms with E-state index in [-0.39, 0.29) is 11.8 Å². The number of likely N-dealkylation sites (tertiary alicyclic amines) is 2. The highest BCUT2D eigenvalue weighted by Gasteiger charge is 2.37. The first-order valence-electron chi connectivity index (χ1n) is 10.7. The van der Waals surface area contributed by atoms with E-state index in [9.17, 15) is 9.59 Å². The standard InChI is InChI=1S/C22H29N3O2/c26-21(23-10-1-2-11-23)17-6-7-20-16(14-17)8-13-25(22(20)27)19-9-12-24(15-19)18-4-3-5-18/h6-7,14,18-19H,1-5,8-13,15H2/t19-/m0/s1. The zero-order valence-electron chi connectivity index (χ0n) is 16.0. The van der Waals surface area contributed by atoms with Crippen molar-refractivity contribution in [1.29, 1.82) is 0 Å². The molecular formula is C22H29N3O2. The van der Waals surface area contributed by atoms with Crippen LogP contribution in [0, 0.1) is 0 Å². The number of fused-ring (bicyclic) bond motifs is 1. The summed E-state index contributed by atoms with van der Waals surface area (Å²) in [6.45, 7) is 4.69. The number of carbonyl (C=O) groups is 2. The van der Waals surface area contributed by atoms with E-state index < -0.39 is 0 Å². The van der Waals surface area contributed by atoms with Crippen LogP contribution in [-0.4, -0.2) is 71.3 Å². The van der Waals surface area contributed by atoms with Gasteiger partial charge >= 0.3 is 0 Å². The summed E-state index contributed by atoms with van der Waals surface area (Å²) in [4.78, 5) is 32.4. The third kappa shape index (κ3) is 3.06. The van der Waals surface area contributed by atoms with Crippen LogP contribution in [0.15, 0.2) is 18.2 Å². The maximum absolute atomic E-state index is 13.1. The van der Waals surface area contributed by atoms with Crippen molar-refractivity contribution in [3.63, 3.8) is 0 Å². The van der Waals surface area contributed by atoms with Crippen LogP contribution in [0.3, 0.4) is 0 Å². The molecule has 1 aromatic rings. The Kier molecular flexibility index (Phi) is 4.43. The van der Waals surface area contributed by atoms with E-state index in [0.717, 1.165) is 81.1 Å². The number of hydrogen-bond acceptors (Lipinski definition) is 3. The van der Waals surface area contributed by atoms with E-state index in [4.69, 9.17) is 0 Å². The van der Waals surface area contributed by atoms with Gasteiger partial charge in [-0.25, -0.2) is 0 Å². The van der Waals surface area contributed by atoms with E-state index in [2.05, 4.69) is 9.80 Å². The van der Waals surface area contributed by atoms with Crippen molar-refractivity contribution in [3.05, 3.63) is 34.9 Å². The largest absolute Gasteiger partial charge is 0.339 e. The molecule has 3 aliphatic heterocycles. The maximum Gasteiger partial charge on any atom is 0.254 e. The molecule has 0 spiro atoms. The Balaban J connectivity index is 1.30. The SMILES string of the molecule is O=C(c1ccc2c(c1)CCN([C@H]1CCN(C3CCC3)C1)C2=O)N1CCCC1. The molecule has 1 atom stereocenters. The molecule has 0 bridgehead atoms. The van der Waals surface area contributed by atoms with Crippen LogP contribution < -0.4 is 0 Å². The summed E-state index contributed by atoms with van der Waals surface area (Å²) < 4.78 is 0. The molecule has 3 heterocycles. The normalized spacial score (nSPS) is 26.4. The Hall–Kier alpha value is -1.88. The molecule has 4 aliphatic rings. The van der Waals surface area contributed by atoms with Gasteiger partial charge in [-0.3, -0.25) is 14.5 Å². The van der Waals surface area contributed by atoms with Crippen molar-refractivity contribution in [3.8, 4) is 0 Å². The molecule has 1 aliphatic carbocycles. The Bertz CT molecular complexity index is 752. The average molecular weight is 367 g/mol. The smallest absolute Gasteiger partial charge is 0.254 e. The summed E-state index contributed by atoms with van der Waals surface area (Å²) in [5, 5.41) is 0. The molecule has 5 rings (SSSR count). The Morgan fingerprint density at radius 1 is 0.926 bits per heavy atom. The maximum atomic E-state index is 13.1. The third-order valence-electron chi connectivity index (χ3n) is 7.09. The van der Waals surface area contributed by atoms with Crippen LogP contribution in [0.4, 0.5) is 0 Å². The van der Waals surface area contributed by atoms with Gasteiger partial charge in [-0.15, -0.1) is 0 Å². The minimum absolute atomic E-state index is 0.122. The third-order valence-corrected chi connectivity index (χ3v) is 7.09. The molecule has 3 fully saturated rings. The predicted octanol–water partition coefficient (Wildman–Crippen LogP) is 2.55. The van der Waals surface area contributed by atoms with Gasteiger partial charge in [0.1, 0.15) is 0 Å². The Morgan fingerprint density at radius 2 is 1.74 bits per heavy atom. The molecule has 144 valence electrons. The molecule has 0 N–H and O–H groups in total. The van der Waals surface area contributed by atoms with E-state index in [0.29, 0.717) is 6.04 Å². The lowest BCUT2D eigenvalue weighted by atomic mass is 9.92. The van der Waals surface area contributed by atoms with Crippen LogP contribution >= 0.6 is 0 Å². The number of amides is 2. The molecule has 2 saturated heterocycles. The molecule has 0 unspecified atom stereocenters. The quantitative estimate of drug-likeness (QED) is 0.825. The topological polar surface area (TPSA) is 43.9 Å². The first-order valence-corrected chi connectivity index (χ1v) is 10.7. The molecule has 0 radical (unpaired) electrons. The van der Waals surface area contributed by atoms with E-state index in [1.165, 1.54) is 19.3 Å². The van der Waals surface area contributed by atoms with Gasteiger partial charge in [-0.05, 0) is 62.3 Å². The van der Waals surface area contributed by atoms with Crippen LogP contribution in [-0.2, 0) is 6.42 Å². The highest BCUT2D eigenvalue weighted by molar-refractivity contribution is 6.00. The minimum Gasteiger partial charge on any atom is -0.339 e. The van der Waals surface area contributed by atoms with Gasteiger partial charge in [0.25, 0.3) is 11.8 Å². The van der Waals surface area contributed by atoms with Crippen molar-refractivity contribution >= 4 is 11.8 Å². The van der Waals surface area contributed by atoms with Crippen LogP contribution in [0.5, 0.6) is 0 Å². The van der Waals surface area contributed by atoms with E-state index >= 15 is 0 Å². The summed E-state index contributed by atoms with van der Waals surface area (Å²) in [6, 6.07) is 6.85. The second-order valence-corrected chi connectivity index (χ2v) is 8.64. The van der Waals surface area contributed by atoms with Crippen molar-refractivity contribution in [2.45, 2.75) is 57.0 Å². The van der Waals surface area contributed by atoms with Gasteiger partial charge in [-0.2, -0.15) is 0 Å². The van der Waals surface area contributed by atoms with Crippen molar-refractivity contribution in [2.75, 3.05) is 32.7 Å². The van der Waals surface area contributed by atoms with Crippen LogP contribution in [0.25, 0.3) is 0 Å². The predicted molar refractivity (Wildman–Crippen MR) is 104 cm³/mol. The van der Waals surface area contributed by atoms with Crippen LogP contribution in [0.2, 0.25) is 0 Å². The van der Waals surface area contributed by atoms with Crippen LogP contribution in [0.1, 0.15) is 64.8 Å². The zero-order chi connectivity index (χ0) is 18.4. The summed E-state index contributed by atoms with van der Waals surface area (Å²) >= 11 is 0. The fourth-order valence-electron chi connectivity index (χ4n) is 5.20. The summed E-state index contributed by atoms with van der Waals surface area (Å²) in [5.74, 6) is 0.286. The van der Waals surface area contributed by atoms with Gasteiger partial charge in [0.05, 0.1) is 0 Å². The molecule has 27 heavy (non-hydrogen) atoms. The van der Waals surface area contributed by atoms with E-state index in [1.54, 1.807) is 0 Å². The molecule has 5 nitrogen and oxygen atoms in total. The Labute approximate surface area is 161 Å². The summed E-state index contributed by atoms with van der Waals surface area (Å²) in [6.07, 6.45) is 8.19. The van der Waals surface area contributed by atoms with Crippen molar-refractivity contribution < 1.29 is 9.59 Å². The fraction of sp³-hybridized carbons (Fsp3) is 0.636. The second-order valence-electron chi connectivity index (χ2n) is 8.64. The fourth-order valence-corrected chi connectivity index (χ4v) is 5.20. The Morgan fingerprint density at radius 3 is 2.48 bits per heavy atom. The minimum atomic E-state index is 0.122. The molecule has 1 aromatic carbocycles. The average Bonchev–Trinajstić information content (AvgIpc) is 3.32. The molecule has 1 saturated carbocycles. The molecule has 2 amide bonds. The van der Waals surface area contributed by atoms with Gasteiger partial charge in [0, 0.05) is 55.9 Å². The number of hydrogen-bond donors (Lipinski definition) is 0. The van der Waals surface area contributed by atoms with Crippen molar-refractivity contribution in [1.82, 2.24) is 14.7 Å². The first kappa shape index (κ1) is 17.2. The number of carbonyl (C=O) groups excluding carboxylic acids is 2. The molecule has 5 heteroatoms. The first-order chi connectivity index (χ1) is 13.2. The summed E-state index contributed by atoms with van der Waals surface area (Å²) in [7, 11) is 0. The van der Waals surface area contributed by atoms with Gasteiger partial charge < -0.3 is 9.80 Å². The monoisotopic (exact) mass is 367 g/mol. The lowest BCUT2D eigenvalue weighted by Crippen LogP contribution is -2.47. The van der Waals surface area contributed by atoms with Gasteiger partial charge in [-0.1, -0.05) is 6.42 Å². The van der Waals surface area contributed by atoms with E-state index in [1.807, 2.05) is 23.1 Å². The highest BCUT2D eigenvalue weighted by atomic mass is 16.2. The molecule has 0 aromatic heterocycles. The molecular weight excluding hydrogens is 338 g/mol. The lowest BCUT2D eigenvalue weighted by Gasteiger charge is -2.37. The second kappa shape index (κ2) is 6.93. The highest BCUT2D eigenvalue weighted by Crippen LogP contribution is 2.31. The number of benzene rings is 1. The number of rotatable bonds is 3. The zero-order valence-corrected chi connectivity index (χ0v) is 16.0. The van der Waals surface area contributed by atoms with Gasteiger partial charge in [0.2, 0.25) is 0 Å². The lowest BCUT2D eigenvalue weighted by molar-refractivity contribution is 0.0645. The van der Waals surface area contributed by atoms with Gasteiger partial charge in [0.15, 0.2) is 0 Å².